The number of amides is 2. The van der Waals surface area contributed by atoms with Crippen molar-refractivity contribution in [2.75, 3.05) is 44.2 Å². The molecule has 1 aliphatic heterocycles. The molecule has 8 nitrogen and oxygen atoms in total. The average Bonchev–Trinajstić information content (AvgIpc) is 2.78. The summed E-state index contributed by atoms with van der Waals surface area (Å²) in [5.74, 6) is 0.485. The van der Waals surface area contributed by atoms with Gasteiger partial charge in [0.1, 0.15) is 0 Å². The molecule has 0 unspecified atom stereocenters. The number of aromatic nitrogens is 2. The zero-order valence-corrected chi connectivity index (χ0v) is 16.7. The molecule has 29 heavy (non-hydrogen) atoms. The summed E-state index contributed by atoms with van der Waals surface area (Å²) in [7, 11) is 0. The van der Waals surface area contributed by atoms with E-state index in [0.717, 1.165) is 12.8 Å². The van der Waals surface area contributed by atoms with Crippen LogP contribution in [0.4, 0.5) is 10.6 Å². The predicted octanol–water partition coefficient (Wildman–Crippen LogP) is 2.12. The quantitative estimate of drug-likeness (QED) is 0.720. The summed E-state index contributed by atoms with van der Waals surface area (Å²) in [4.78, 5) is 27.7. The number of carbonyl (C=O) groups excluding carboxylic acids is 2. The van der Waals surface area contributed by atoms with Crippen molar-refractivity contribution in [1.82, 2.24) is 20.4 Å². The van der Waals surface area contributed by atoms with E-state index in [0.29, 0.717) is 50.8 Å². The van der Waals surface area contributed by atoms with Crippen LogP contribution in [0.3, 0.4) is 0 Å². The van der Waals surface area contributed by atoms with Gasteiger partial charge in [-0.15, -0.1) is 10.2 Å². The van der Waals surface area contributed by atoms with Crippen molar-refractivity contribution in [2.45, 2.75) is 19.8 Å². The summed E-state index contributed by atoms with van der Waals surface area (Å²) in [5, 5.41) is 11.1. The molecular weight excluding hydrogens is 370 g/mol. The third-order valence-corrected chi connectivity index (χ3v) is 4.78. The van der Waals surface area contributed by atoms with E-state index in [2.05, 4.69) is 27.6 Å². The fourth-order valence-corrected chi connectivity index (χ4v) is 3.18. The minimum Gasteiger partial charge on any atom is -0.450 e. The smallest absolute Gasteiger partial charge is 0.409 e. The van der Waals surface area contributed by atoms with Crippen LogP contribution in [0, 0.1) is 0 Å². The normalized spacial score (nSPS) is 13.8. The van der Waals surface area contributed by atoms with Gasteiger partial charge in [0.2, 0.25) is 0 Å². The molecule has 1 saturated heterocycles. The molecule has 3 rings (SSSR count). The molecule has 1 aromatic carbocycles. The van der Waals surface area contributed by atoms with Gasteiger partial charge in [0.15, 0.2) is 11.5 Å². The molecule has 1 N–H and O–H groups in total. The Labute approximate surface area is 170 Å². The van der Waals surface area contributed by atoms with E-state index in [1.807, 2.05) is 23.1 Å². The summed E-state index contributed by atoms with van der Waals surface area (Å²) in [6.45, 7) is 5.21. The molecule has 1 aromatic heterocycles. The van der Waals surface area contributed by atoms with Gasteiger partial charge in [-0.3, -0.25) is 4.79 Å². The number of aryl methyl sites for hydroxylation is 1. The van der Waals surface area contributed by atoms with Crippen LogP contribution in [-0.2, 0) is 11.2 Å². The van der Waals surface area contributed by atoms with Crippen molar-refractivity contribution in [3.63, 3.8) is 0 Å². The van der Waals surface area contributed by atoms with Crippen LogP contribution in [0.15, 0.2) is 42.5 Å². The molecule has 0 atom stereocenters. The Morgan fingerprint density at radius 1 is 1.03 bits per heavy atom. The third-order valence-electron chi connectivity index (χ3n) is 4.78. The van der Waals surface area contributed by atoms with Gasteiger partial charge in [-0.25, -0.2) is 4.79 Å². The van der Waals surface area contributed by atoms with Crippen molar-refractivity contribution in [2.24, 2.45) is 0 Å². The first-order valence-electron chi connectivity index (χ1n) is 10.00. The highest BCUT2D eigenvalue weighted by Crippen LogP contribution is 2.13. The highest BCUT2D eigenvalue weighted by Gasteiger charge is 2.23. The largest absolute Gasteiger partial charge is 0.450 e. The summed E-state index contributed by atoms with van der Waals surface area (Å²) in [6, 6.07) is 13.7. The maximum atomic E-state index is 12.2. The number of piperazine rings is 1. The fraction of sp³-hybridized carbons (Fsp3) is 0.429. The van der Waals surface area contributed by atoms with Gasteiger partial charge in [0.25, 0.3) is 5.91 Å². The van der Waals surface area contributed by atoms with Gasteiger partial charge in [0.05, 0.1) is 6.61 Å². The first kappa shape index (κ1) is 20.6. The molecule has 1 fully saturated rings. The lowest BCUT2D eigenvalue weighted by atomic mass is 10.1. The molecule has 0 bridgehead atoms. The Bertz CT molecular complexity index is 790. The fourth-order valence-electron chi connectivity index (χ4n) is 3.18. The second kappa shape index (κ2) is 10.4. The molecule has 0 spiro atoms. The molecule has 2 heterocycles. The number of hydrogen-bond donors (Lipinski definition) is 1. The number of hydrogen-bond acceptors (Lipinski definition) is 6. The van der Waals surface area contributed by atoms with Gasteiger partial charge in [-0.1, -0.05) is 30.3 Å². The Hall–Kier alpha value is -3.16. The number of carbonyl (C=O) groups is 2. The maximum Gasteiger partial charge on any atom is 0.409 e. The predicted molar refractivity (Wildman–Crippen MR) is 110 cm³/mol. The first-order valence-corrected chi connectivity index (χ1v) is 10.00. The standard InChI is InChI=1S/C21H27N5O3/c1-2-29-21(28)26-15-13-25(14-16-26)19-11-10-18(23-24-19)20(27)22-12-6-9-17-7-4-3-5-8-17/h3-5,7-8,10-11H,2,6,9,12-16H2,1H3,(H,22,27). The van der Waals surface area contributed by atoms with E-state index in [9.17, 15) is 9.59 Å². The number of nitrogens with zero attached hydrogens (tertiary/aromatic N) is 4. The summed E-state index contributed by atoms with van der Waals surface area (Å²) < 4.78 is 5.03. The molecule has 8 heteroatoms. The molecular formula is C21H27N5O3. The van der Waals surface area contributed by atoms with Crippen molar-refractivity contribution in [3.8, 4) is 0 Å². The van der Waals surface area contributed by atoms with E-state index in [-0.39, 0.29) is 12.0 Å². The SMILES string of the molecule is CCOC(=O)N1CCN(c2ccc(C(=O)NCCCc3ccccc3)nn2)CC1. The molecule has 2 amide bonds. The zero-order valence-electron chi connectivity index (χ0n) is 16.7. The van der Waals surface area contributed by atoms with E-state index in [1.54, 1.807) is 24.0 Å². The van der Waals surface area contributed by atoms with E-state index < -0.39 is 0 Å². The van der Waals surface area contributed by atoms with E-state index >= 15 is 0 Å². The molecule has 1 aliphatic rings. The Morgan fingerprint density at radius 2 is 1.79 bits per heavy atom. The number of ether oxygens (including phenoxy) is 1. The van der Waals surface area contributed by atoms with Crippen LogP contribution in [0.25, 0.3) is 0 Å². The molecule has 0 saturated carbocycles. The van der Waals surface area contributed by atoms with Crippen molar-refractivity contribution >= 4 is 17.8 Å². The van der Waals surface area contributed by atoms with Crippen molar-refractivity contribution in [3.05, 3.63) is 53.7 Å². The van der Waals surface area contributed by atoms with Crippen LogP contribution in [-0.4, -0.2) is 66.4 Å². The minimum atomic E-state index is -0.280. The summed E-state index contributed by atoms with van der Waals surface area (Å²) in [6.07, 6.45) is 1.51. The lowest BCUT2D eigenvalue weighted by Gasteiger charge is -2.34. The Morgan fingerprint density at radius 3 is 2.45 bits per heavy atom. The topological polar surface area (TPSA) is 87.7 Å². The number of benzene rings is 1. The van der Waals surface area contributed by atoms with Crippen LogP contribution in [0.1, 0.15) is 29.4 Å². The summed E-state index contributed by atoms with van der Waals surface area (Å²) >= 11 is 0. The lowest BCUT2D eigenvalue weighted by Crippen LogP contribution is -2.49. The van der Waals surface area contributed by atoms with Crippen LogP contribution in [0.2, 0.25) is 0 Å². The van der Waals surface area contributed by atoms with Gasteiger partial charge >= 0.3 is 6.09 Å². The van der Waals surface area contributed by atoms with E-state index in [4.69, 9.17) is 4.74 Å². The monoisotopic (exact) mass is 397 g/mol. The lowest BCUT2D eigenvalue weighted by molar-refractivity contribution is 0.0946. The number of rotatable bonds is 7. The molecule has 0 aliphatic carbocycles. The molecule has 0 radical (unpaired) electrons. The second-order valence-electron chi connectivity index (χ2n) is 6.79. The van der Waals surface area contributed by atoms with Crippen LogP contribution >= 0.6 is 0 Å². The zero-order chi connectivity index (χ0) is 20.5. The molecule has 2 aromatic rings. The average molecular weight is 397 g/mol. The van der Waals surface area contributed by atoms with Gasteiger partial charge in [-0.2, -0.15) is 0 Å². The Balaban J connectivity index is 1.42. The second-order valence-corrected chi connectivity index (χ2v) is 6.79. The number of anilines is 1. The van der Waals surface area contributed by atoms with Gasteiger partial charge < -0.3 is 19.9 Å². The first-order chi connectivity index (χ1) is 14.2. The van der Waals surface area contributed by atoms with Gasteiger partial charge in [0, 0.05) is 32.7 Å². The highest BCUT2D eigenvalue weighted by molar-refractivity contribution is 5.92. The highest BCUT2D eigenvalue weighted by atomic mass is 16.6. The minimum absolute atomic E-state index is 0.218. The van der Waals surface area contributed by atoms with Crippen LogP contribution in [0.5, 0.6) is 0 Å². The maximum absolute atomic E-state index is 12.2. The summed E-state index contributed by atoms with van der Waals surface area (Å²) in [5.41, 5.74) is 1.56. The Kier molecular flexibility index (Phi) is 7.38. The van der Waals surface area contributed by atoms with Gasteiger partial charge in [-0.05, 0) is 37.5 Å². The molecule has 154 valence electrons. The van der Waals surface area contributed by atoms with E-state index in [1.165, 1.54) is 5.56 Å². The number of nitrogens with one attached hydrogen (secondary N) is 1. The van der Waals surface area contributed by atoms with Crippen LogP contribution < -0.4 is 10.2 Å². The van der Waals surface area contributed by atoms with Crippen molar-refractivity contribution < 1.29 is 14.3 Å². The van der Waals surface area contributed by atoms with Crippen molar-refractivity contribution in [1.29, 1.82) is 0 Å². The third kappa shape index (κ3) is 5.91.